The van der Waals surface area contributed by atoms with Crippen LogP contribution in [0, 0.1) is 6.92 Å². The number of carboxylic acid groups (broad SMARTS) is 2. The number of aliphatic carboxylic acids is 2. The van der Waals surface area contributed by atoms with Crippen LogP contribution in [0.4, 0.5) is 0 Å². The standard InChI is InChI=1S/C20H19BrN2O8/c1-12-2-4-15(14(21)6-12)29-9-18(24)23-22-8-13-3-5-16(30-10-19(25)26)17(7-13)31-11-20(27)28/h2-8H,9-11H2,1H3,(H,23,24)(H,25,26)(H,27,28)/b22-8+. The van der Waals surface area contributed by atoms with E-state index in [0.717, 1.165) is 10.0 Å². The van der Waals surface area contributed by atoms with Crippen LogP contribution in [-0.4, -0.2) is 54.1 Å². The molecule has 0 saturated carbocycles. The number of hydrogen-bond acceptors (Lipinski definition) is 7. The van der Waals surface area contributed by atoms with Crippen molar-refractivity contribution in [3.05, 3.63) is 52.0 Å². The second kappa shape index (κ2) is 11.6. The Bertz CT molecular complexity index is 993. The summed E-state index contributed by atoms with van der Waals surface area (Å²) in [4.78, 5) is 33.3. The topological polar surface area (TPSA) is 144 Å². The van der Waals surface area contributed by atoms with Gasteiger partial charge in [-0.2, -0.15) is 5.10 Å². The fourth-order valence-corrected chi connectivity index (χ4v) is 2.80. The summed E-state index contributed by atoms with van der Waals surface area (Å²) in [6, 6.07) is 9.78. The van der Waals surface area contributed by atoms with E-state index in [0.29, 0.717) is 11.3 Å². The first-order chi connectivity index (χ1) is 14.7. The van der Waals surface area contributed by atoms with Gasteiger partial charge in [-0.1, -0.05) is 6.07 Å². The van der Waals surface area contributed by atoms with Gasteiger partial charge in [0.1, 0.15) is 5.75 Å². The van der Waals surface area contributed by atoms with Gasteiger partial charge in [-0.05, 0) is 64.3 Å². The number of benzene rings is 2. The second-order valence-corrected chi connectivity index (χ2v) is 6.94. The number of hydrazone groups is 1. The molecule has 0 aliphatic rings. The molecule has 11 heteroatoms. The summed E-state index contributed by atoms with van der Waals surface area (Å²) < 4.78 is 16.3. The number of aryl methyl sites for hydroxylation is 1. The summed E-state index contributed by atoms with van der Waals surface area (Å²) in [5.41, 5.74) is 3.79. The smallest absolute Gasteiger partial charge is 0.341 e. The highest BCUT2D eigenvalue weighted by atomic mass is 79.9. The Labute approximate surface area is 185 Å². The van der Waals surface area contributed by atoms with Gasteiger partial charge in [0.15, 0.2) is 31.3 Å². The van der Waals surface area contributed by atoms with E-state index in [9.17, 15) is 14.4 Å². The highest BCUT2D eigenvalue weighted by molar-refractivity contribution is 9.10. The summed E-state index contributed by atoms with van der Waals surface area (Å²) in [6.07, 6.45) is 1.30. The third kappa shape index (κ3) is 8.34. The number of carbonyl (C=O) groups is 3. The number of halogens is 1. The van der Waals surface area contributed by atoms with E-state index in [1.807, 2.05) is 19.1 Å². The maximum atomic E-state index is 11.9. The first kappa shape index (κ1) is 23.7. The lowest BCUT2D eigenvalue weighted by Gasteiger charge is -2.11. The molecule has 0 unspecified atom stereocenters. The number of nitrogens with one attached hydrogen (secondary N) is 1. The van der Waals surface area contributed by atoms with Crippen molar-refractivity contribution in [1.29, 1.82) is 0 Å². The van der Waals surface area contributed by atoms with Gasteiger partial charge in [-0.3, -0.25) is 4.79 Å². The van der Waals surface area contributed by atoms with Gasteiger partial charge in [-0.15, -0.1) is 0 Å². The van der Waals surface area contributed by atoms with E-state index in [1.54, 1.807) is 6.07 Å². The molecule has 2 rings (SSSR count). The fourth-order valence-electron chi connectivity index (χ4n) is 2.19. The second-order valence-electron chi connectivity index (χ2n) is 6.09. The van der Waals surface area contributed by atoms with E-state index in [-0.39, 0.29) is 18.1 Å². The lowest BCUT2D eigenvalue weighted by molar-refractivity contribution is -0.140. The molecule has 0 aromatic heterocycles. The molecule has 2 aromatic carbocycles. The van der Waals surface area contributed by atoms with Crippen LogP contribution in [0.5, 0.6) is 17.2 Å². The molecule has 1 amide bonds. The molecule has 10 nitrogen and oxygen atoms in total. The summed E-state index contributed by atoms with van der Waals surface area (Å²) in [7, 11) is 0. The number of rotatable bonds is 11. The Hall–Kier alpha value is -3.60. The number of carbonyl (C=O) groups excluding carboxylic acids is 1. The minimum Gasteiger partial charge on any atom is -0.483 e. The van der Waals surface area contributed by atoms with E-state index in [4.69, 9.17) is 24.4 Å². The van der Waals surface area contributed by atoms with E-state index < -0.39 is 31.1 Å². The molecule has 0 heterocycles. The molecule has 0 atom stereocenters. The molecule has 164 valence electrons. The van der Waals surface area contributed by atoms with Crippen LogP contribution in [0.15, 0.2) is 46.0 Å². The van der Waals surface area contributed by atoms with E-state index >= 15 is 0 Å². The van der Waals surface area contributed by atoms with Crippen LogP contribution < -0.4 is 19.6 Å². The predicted octanol–water partition coefficient (Wildman–Crippen LogP) is 2.21. The number of nitrogens with zero attached hydrogens (tertiary/aromatic N) is 1. The molecule has 0 saturated heterocycles. The monoisotopic (exact) mass is 494 g/mol. The molecule has 0 fully saturated rings. The number of carboxylic acids is 2. The Morgan fingerprint density at radius 3 is 2.19 bits per heavy atom. The molecule has 0 aliphatic carbocycles. The van der Waals surface area contributed by atoms with Crippen molar-refractivity contribution in [3.8, 4) is 17.2 Å². The first-order valence-corrected chi connectivity index (χ1v) is 9.58. The highest BCUT2D eigenvalue weighted by Gasteiger charge is 2.10. The summed E-state index contributed by atoms with van der Waals surface area (Å²) >= 11 is 3.36. The van der Waals surface area contributed by atoms with Crippen molar-refractivity contribution in [3.63, 3.8) is 0 Å². The zero-order chi connectivity index (χ0) is 22.8. The Balaban J connectivity index is 1.96. The summed E-state index contributed by atoms with van der Waals surface area (Å²) in [6.45, 7) is 0.406. The fraction of sp³-hybridized carbons (Fsp3) is 0.200. The number of ether oxygens (including phenoxy) is 3. The lowest BCUT2D eigenvalue weighted by Crippen LogP contribution is -2.24. The van der Waals surface area contributed by atoms with Crippen molar-refractivity contribution < 1.29 is 38.8 Å². The van der Waals surface area contributed by atoms with E-state index in [1.165, 1.54) is 24.4 Å². The van der Waals surface area contributed by atoms with Crippen LogP contribution in [0.25, 0.3) is 0 Å². The maximum absolute atomic E-state index is 11.9. The molecular formula is C20H19BrN2O8. The molecule has 31 heavy (non-hydrogen) atoms. The number of amides is 1. The van der Waals surface area contributed by atoms with E-state index in [2.05, 4.69) is 26.5 Å². The van der Waals surface area contributed by atoms with Gasteiger partial charge in [0, 0.05) is 0 Å². The zero-order valence-electron chi connectivity index (χ0n) is 16.3. The highest BCUT2D eigenvalue weighted by Crippen LogP contribution is 2.28. The average molecular weight is 495 g/mol. The van der Waals surface area contributed by atoms with Crippen LogP contribution in [0.2, 0.25) is 0 Å². The quantitative estimate of drug-likeness (QED) is 0.318. The Morgan fingerprint density at radius 2 is 1.55 bits per heavy atom. The molecule has 0 radical (unpaired) electrons. The molecular weight excluding hydrogens is 476 g/mol. The van der Waals surface area contributed by atoms with Crippen molar-refractivity contribution in [2.75, 3.05) is 19.8 Å². The third-order valence-corrected chi connectivity index (χ3v) is 4.14. The largest absolute Gasteiger partial charge is 0.483 e. The minimum absolute atomic E-state index is 0.0199. The average Bonchev–Trinajstić information content (AvgIpc) is 2.70. The van der Waals surface area contributed by atoms with Gasteiger partial charge in [0.25, 0.3) is 5.91 Å². The molecule has 3 N–H and O–H groups in total. The Kier molecular flexibility index (Phi) is 8.82. The summed E-state index contributed by atoms with van der Waals surface area (Å²) in [5.74, 6) is -2.31. The maximum Gasteiger partial charge on any atom is 0.341 e. The summed E-state index contributed by atoms with van der Waals surface area (Å²) in [5, 5.41) is 21.3. The van der Waals surface area contributed by atoms with Crippen LogP contribution in [-0.2, 0) is 14.4 Å². The predicted molar refractivity (Wildman–Crippen MR) is 113 cm³/mol. The minimum atomic E-state index is -1.21. The molecule has 2 aromatic rings. The van der Waals surface area contributed by atoms with Gasteiger partial charge in [0.2, 0.25) is 0 Å². The molecule has 0 bridgehead atoms. The van der Waals surface area contributed by atoms with Gasteiger partial charge >= 0.3 is 11.9 Å². The third-order valence-electron chi connectivity index (χ3n) is 3.52. The SMILES string of the molecule is Cc1ccc(OCC(=O)N/N=C/c2ccc(OCC(=O)O)c(OCC(=O)O)c2)c(Br)c1. The van der Waals surface area contributed by atoms with Crippen molar-refractivity contribution >= 4 is 40.0 Å². The van der Waals surface area contributed by atoms with Crippen molar-refractivity contribution in [2.24, 2.45) is 5.10 Å². The first-order valence-electron chi connectivity index (χ1n) is 8.78. The van der Waals surface area contributed by atoms with Crippen molar-refractivity contribution in [2.45, 2.75) is 6.92 Å². The van der Waals surface area contributed by atoms with Crippen LogP contribution >= 0.6 is 15.9 Å². The van der Waals surface area contributed by atoms with Gasteiger partial charge in [0.05, 0.1) is 10.7 Å². The van der Waals surface area contributed by atoms with Crippen LogP contribution in [0.1, 0.15) is 11.1 Å². The van der Waals surface area contributed by atoms with Gasteiger partial charge in [-0.25, -0.2) is 15.0 Å². The van der Waals surface area contributed by atoms with Crippen LogP contribution in [0.3, 0.4) is 0 Å². The Morgan fingerprint density at radius 1 is 0.935 bits per heavy atom. The van der Waals surface area contributed by atoms with Crippen molar-refractivity contribution in [1.82, 2.24) is 5.43 Å². The normalized spacial score (nSPS) is 10.5. The lowest BCUT2D eigenvalue weighted by atomic mass is 10.2. The van der Waals surface area contributed by atoms with Gasteiger partial charge < -0.3 is 24.4 Å². The number of hydrogen-bond donors (Lipinski definition) is 3. The molecule has 0 aliphatic heterocycles. The zero-order valence-corrected chi connectivity index (χ0v) is 17.9. The molecule has 0 spiro atoms.